The first kappa shape index (κ1) is 20.2. The first-order chi connectivity index (χ1) is 16.1. The van der Waals surface area contributed by atoms with Gasteiger partial charge in [-0.15, -0.1) is 0 Å². The molecule has 3 aromatic heterocycles. The number of aromatic amines is 1. The van der Waals surface area contributed by atoms with Crippen molar-refractivity contribution in [1.82, 2.24) is 24.9 Å². The number of pyridine rings is 1. The van der Waals surface area contributed by atoms with E-state index in [1.165, 1.54) is 43.0 Å². The second kappa shape index (κ2) is 8.42. The Bertz CT molecular complexity index is 1480. The monoisotopic (exact) mass is 443 g/mol. The molecular formula is C23H15F2N7O. The maximum absolute atomic E-state index is 14.3. The van der Waals surface area contributed by atoms with Gasteiger partial charge in [0.05, 0.1) is 12.0 Å². The lowest BCUT2D eigenvalue weighted by atomic mass is 10.1. The first-order valence-electron chi connectivity index (χ1n) is 9.81. The summed E-state index contributed by atoms with van der Waals surface area (Å²) in [6.45, 7) is 0. The van der Waals surface area contributed by atoms with E-state index in [2.05, 4.69) is 35.6 Å². The van der Waals surface area contributed by atoms with Gasteiger partial charge in [0, 0.05) is 23.0 Å². The molecule has 33 heavy (non-hydrogen) atoms. The van der Waals surface area contributed by atoms with Gasteiger partial charge in [0.2, 0.25) is 0 Å². The maximum Gasteiger partial charge on any atom is 0.255 e. The minimum Gasteiger partial charge on any atom is -0.340 e. The van der Waals surface area contributed by atoms with Crippen molar-refractivity contribution in [3.8, 4) is 11.3 Å². The van der Waals surface area contributed by atoms with E-state index < -0.39 is 17.5 Å². The largest absolute Gasteiger partial charge is 0.340 e. The predicted molar refractivity (Wildman–Crippen MR) is 119 cm³/mol. The van der Waals surface area contributed by atoms with Gasteiger partial charge >= 0.3 is 0 Å². The Morgan fingerprint density at radius 1 is 0.939 bits per heavy atom. The number of carbonyl (C=O) groups excluding carboxylic acids is 1. The van der Waals surface area contributed by atoms with Gasteiger partial charge in [-0.3, -0.25) is 4.79 Å². The molecule has 0 unspecified atom stereocenters. The number of anilines is 3. The van der Waals surface area contributed by atoms with E-state index in [1.54, 1.807) is 24.4 Å². The summed E-state index contributed by atoms with van der Waals surface area (Å²) in [6, 6.07) is 13.0. The third kappa shape index (κ3) is 4.09. The smallest absolute Gasteiger partial charge is 0.255 e. The number of nitrogens with one attached hydrogen (secondary N) is 3. The van der Waals surface area contributed by atoms with Crippen LogP contribution in [0, 0.1) is 11.6 Å². The molecule has 0 aliphatic rings. The normalized spacial score (nSPS) is 10.8. The summed E-state index contributed by atoms with van der Waals surface area (Å²) in [4.78, 5) is 32.6. The summed E-state index contributed by atoms with van der Waals surface area (Å²) in [5, 5.41) is 5.48. The van der Waals surface area contributed by atoms with Crippen molar-refractivity contribution in [2.45, 2.75) is 0 Å². The van der Waals surface area contributed by atoms with Crippen LogP contribution in [0.5, 0.6) is 0 Å². The van der Waals surface area contributed by atoms with Crippen LogP contribution in [0.3, 0.4) is 0 Å². The van der Waals surface area contributed by atoms with E-state index in [1.807, 2.05) is 0 Å². The number of para-hydroxylation sites is 1. The summed E-state index contributed by atoms with van der Waals surface area (Å²) in [7, 11) is 0. The van der Waals surface area contributed by atoms with Gasteiger partial charge in [0.1, 0.15) is 35.0 Å². The molecule has 0 aliphatic heterocycles. The molecule has 0 spiro atoms. The highest BCUT2D eigenvalue weighted by Gasteiger charge is 2.16. The van der Waals surface area contributed by atoms with Crippen LogP contribution in [-0.4, -0.2) is 30.8 Å². The van der Waals surface area contributed by atoms with Crippen molar-refractivity contribution in [2.24, 2.45) is 0 Å². The number of halogens is 2. The molecule has 0 saturated heterocycles. The highest BCUT2D eigenvalue weighted by atomic mass is 19.1. The van der Waals surface area contributed by atoms with Crippen LogP contribution >= 0.6 is 0 Å². The molecule has 0 aliphatic carbocycles. The van der Waals surface area contributed by atoms with E-state index >= 15 is 0 Å². The van der Waals surface area contributed by atoms with Crippen molar-refractivity contribution in [1.29, 1.82) is 0 Å². The molecule has 3 heterocycles. The number of nitrogens with zero attached hydrogens (tertiary/aromatic N) is 4. The van der Waals surface area contributed by atoms with Crippen LogP contribution in [0.15, 0.2) is 73.4 Å². The van der Waals surface area contributed by atoms with Crippen LogP contribution in [0.1, 0.15) is 10.4 Å². The zero-order valence-corrected chi connectivity index (χ0v) is 16.9. The summed E-state index contributed by atoms with van der Waals surface area (Å²) in [6.07, 6.45) is 4.49. The zero-order valence-electron chi connectivity index (χ0n) is 16.9. The van der Waals surface area contributed by atoms with Gasteiger partial charge in [-0.05, 0) is 42.5 Å². The standard InChI is InChI=1S/C23H15F2N7O/c24-14-8-13(23(33)32-18-6-2-1-5-17(18)25)9-15(10-14)31-21-16(4-3-7-26-21)19-20-22(29-11-27-19)30-12-28-20/h1-12H,(H,26,31)(H,32,33)(H,27,28,29,30). The zero-order chi connectivity index (χ0) is 22.8. The number of benzene rings is 2. The molecular weight excluding hydrogens is 428 g/mol. The van der Waals surface area contributed by atoms with Crippen molar-refractivity contribution >= 4 is 34.3 Å². The summed E-state index contributed by atoms with van der Waals surface area (Å²) >= 11 is 0. The summed E-state index contributed by atoms with van der Waals surface area (Å²) in [5.41, 5.74) is 2.55. The number of imidazole rings is 1. The third-order valence-corrected chi connectivity index (χ3v) is 4.82. The van der Waals surface area contributed by atoms with Crippen molar-refractivity contribution in [2.75, 3.05) is 10.6 Å². The van der Waals surface area contributed by atoms with Crippen LogP contribution in [0.25, 0.3) is 22.4 Å². The van der Waals surface area contributed by atoms with Crippen LogP contribution in [-0.2, 0) is 0 Å². The Morgan fingerprint density at radius 2 is 1.82 bits per heavy atom. The third-order valence-electron chi connectivity index (χ3n) is 4.82. The topological polar surface area (TPSA) is 108 Å². The molecule has 10 heteroatoms. The van der Waals surface area contributed by atoms with E-state index in [-0.39, 0.29) is 16.9 Å². The fourth-order valence-corrected chi connectivity index (χ4v) is 3.34. The number of amides is 1. The van der Waals surface area contributed by atoms with E-state index in [0.717, 1.165) is 6.07 Å². The molecule has 0 atom stereocenters. The molecule has 2 aromatic carbocycles. The Labute approximate surface area is 185 Å². The fourth-order valence-electron chi connectivity index (χ4n) is 3.34. The number of hydrogen-bond donors (Lipinski definition) is 3. The summed E-state index contributed by atoms with van der Waals surface area (Å²) in [5.74, 6) is -1.51. The second-order valence-corrected chi connectivity index (χ2v) is 7.01. The Hall–Kier alpha value is -4.73. The van der Waals surface area contributed by atoms with Gasteiger partial charge in [-0.2, -0.15) is 0 Å². The molecule has 0 bridgehead atoms. The van der Waals surface area contributed by atoms with E-state index in [9.17, 15) is 13.6 Å². The van der Waals surface area contributed by atoms with E-state index in [0.29, 0.717) is 28.2 Å². The number of H-pyrrole nitrogens is 1. The Morgan fingerprint density at radius 3 is 2.70 bits per heavy atom. The quantitative estimate of drug-likeness (QED) is 0.364. The molecule has 5 aromatic rings. The Balaban J connectivity index is 1.48. The molecule has 1 amide bonds. The van der Waals surface area contributed by atoms with Gasteiger partial charge < -0.3 is 15.6 Å². The highest BCUT2D eigenvalue weighted by molar-refractivity contribution is 6.05. The van der Waals surface area contributed by atoms with Gasteiger partial charge in [0.25, 0.3) is 5.91 Å². The number of fused-ring (bicyclic) bond motifs is 1. The minimum absolute atomic E-state index is 0.0000590. The van der Waals surface area contributed by atoms with Crippen molar-refractivity contribution in [3.63, 3.8) is 0 Å². The van der Waals surface area contributed by atoms with Gasteiger partial charge in [-0.1, -0.05) is 12.1 Å². The van der Waals surface area contributed by atoms with Crippen LogP contribution < -0.4 is 10.6 Å². The molecule has 0 radical (unpaired) electrons. The average molecular weight is 443 g/mol. The SMILES string of the molecule is O=C(Nc1ccccc1F)c1cc(F)cc(Nc2ncccc2-c2ncnc3[nH]cnc23)c1. The highest BCUT2D eigenvalue weighted by Crippen LogP contribution is 2.30. The number of aromatic nitrogens is 5. The van der Waals surface area contributed by atoms with Crippen molar-refractivity contribution in [3.05, 3.63) is 90.6 Å². The van der Waals surface area contributed by atoms with Gasteiger partial charge in [0.15, 0.2) is 5.65 Å². The van der Waals surface area contributed by atoms with E-state index in [4.69, 9.17) is 0 Å². The molecule has 162 valence electrons. The number of hydrogen-bond acceptors (Lipinski definition) is 6. The average Bonchev–Trinajstić information content (AvgIpc) is 3.30. The lowest BCUT2D eigenvalue weighted by molar-refractivity contribution is 0.102. The first-order valence-corrected chi connectivity index (χ1v) is 9.81. The van der Waals surface area contributed by atoms with Gasteiger partial charge in [-0.25, -0.2) is 28.7 Å². The lowest BCUT2D eigenvalue weighted by Crippen LogP contribution is -2.13. The predicted octanol–water partition coefficient (Wildman–Crippen LogP) is 4.69. The molecule has 0 fully saturated rings. The van der Waals surface area contributed by atoms with Crippen LogP contribution in [0.4, 0.5) is 26.0 Å². The van der Waals surface area contributed by atoms with Crippen molar-refractivity contribution < 1.29 is 13.6 Å². The maximum atomic E-state index is 14.3. The molecule has 3 N–H and O–H groups in total. The fraction of sp³-hybridized carbons (Fsp3) is 0. The lowest BCUT2D eigenvalue weighted by Gasteiger charge is -2.12. The number of carbonyl (C=O) groups is 1. The number of rotatable bonds is 5. The summed E-state index contributed by atoms with van der Waals surface area (Å²) < 4.78 is 28.2. The second-order valence-electron chi connectivity index (χ2n) is 7.01. The van der Waals surface area contributed by atoms with Crippen LogP contribution in [0.2, 0.25) is 0 Å². The molecule has 8 nitrogen and oxygen atoms in total. The molecule has 5 rings (SSSR count). The minimum atomic E-state index is -0.655. The Kier molecular flexibility index (Phi) is 5.15. The molecule has 0 saturated carbocycles.